The van der Waals surface area contributed by atoms with Crippen LogP contribution in [-0.2, 0) is 11.3 Å². The Bertz CT molecular complexity index is 1430. The minimum atomic E-state index is -0.724. The number of thioether (sulfide) groups is 1. The van der Waals surface area contributed by atoms with E-state index < -0.39 is 11.2 Å². The highest BCUT2D eigenvalue weighted by Gasteiger charge is 2.21. The van der Waals surface area contributed by atoms with Crippen LogP contribution >= 0.6 is 11.8 Å². The Hall–Kier alpha value is -3.99. The van der Waals surface area contributed by atoms with Crippen LogP contribution in [0.2, 0.25) is 0 Å². The average Bonchev–Trinajstić information content (AvgIpc) is 3.22. The van der Waals surface area contributed by atoms with E-state index in [-0.39, 0.29) is 29.7 Å². The number of nitrogens with one attached hydrogen (secondary N) is 2. The van der Waals surface area contributed by atoms with Crippen LogP contribution in [0.1, 0.15) is 5.56 Å². The topological polar surface area (TPSA) is 139 Å². The first-order chi connectivity index (χ1) is 15.9. The largest absolute Gasteiger partial charge is 0.497 e. The molecule has 0 spiro atoms. The second-order valence-corrected chi connectivity index (χ2v) is 8.20. The maximum Gasteiger partial charge on any atom is 0.330 e. The Kier molecular flexibility index (Phi) is 6.22. The molecule has 0 atom stereocenters. The van der Waals surface area contributed by atoms with Gasteiger partial charge in [-0.25, -0.2) is 9.78 Å². The fraction of sp³-hybridized carbons (Fsp3) is 0.182. The summed E-state index contributed by atoms with van der Waals surface area (Å²) < 4.78 is 6.44. The van der Waals surface area contributed by atoms with Crippen molar-refractivity contribution >= 4 is 40.2 Å². The molecule has 0 saturated heterocycles. The molecule has 0 radical (unpaired) electrons. The number of nitrogens with zero attached hydrogens (tertiary/aromatic N) is 3. The first kappa shape index (κ1) is 22.2. The van der Waals surface area contributed by atoms with Crippen LogP contribution in [0.5, 0.6) is 5.75 Å². The molecule has 0 bridgehead atoms. The number of ether oxygens (including phenoxy) is 1. The Morgan fingerprint density at radius 3 is 2.67 bits per heavy atom. The molecule has 0 aliphatic heterocycles. The van der Waals surface area contributed by atoms with Gasteiger partial charge < -0.3 is 20.4 Å². The number of methoxy groups -OCH3 is 1. The zero-order chi connectivity index (χ0) is 23.5. The summed E-state index contributed by atoms with van der Waals surface area (Å²) in [6.45, 7) is 0.161. The van der Waals surface area contributed by atoms with E-state index in [0.717, 1.165) is 21.5 Å². The van der Waals surface area contributed by atoms with Gasteiger partial charge in [-0.05, 0) is 17.7 Å². The summed E-state index contributed by atoms with van der Waals surface area (Å²) in [5, 5.41) is 0.552. The number of benzene rings is 2. The lowest BCUT2D eigenvalue weighted by Crippen LogP contribution is -2.40. The van der Waals surface area contributed by atoms with Gasteiger partial charge >= 0.3 is 5.69 Å². The molecule has 2 heterocycles. The molecule has 0 saturated carbocycles. The molecular formula is C22H22N6O4S. The normalized spacial score (nSPS) is 11.0. The van der Waals surface area contributed by atoms with Crippen molar-refractivity contribution in [2.24, 2.45) is 0 Å². The van der Waals surface area contributed by atoms with Gasteiger partial charge in [-0.3, -0.25) is 19.1 Å². The van der Waals surface area contributed by atoms with Crippen LogP contribution in [0.3, 0.4) is 0 Å². The third-order valence-corrected chi connectivity index (χ3v) is 5.96. The van der Waals surface area contributed by atoms with E-state index in [1.807, 2.05) is 42.5 Å². The number of anilines is 2. The number of carbonyl (C=O) groups is 1. The number of imidazole rings is 1. The zero-order valence-electron chi connectivity index (χ0n) is 18.0. The molecule has 170 valence electrons. The molecule has 0 aliphatic rings. The van der Waals surface area contributed by atoms with Crippen LogP contribution in [0.4, 0.5) is 11.5 Å². The molecule has 33 heavy (non-hydrogen) atoms. The Morgan fingerprint density at radius 2 is 1.94 bits per heavy atom. The average molecular weight is 467 g/mol. The predicted molar refractivity (Wildman–Crippen MR) is 128 cm³/mol. The van der Waals surface area contributed by atoms with Crippen LogP contribution in [0.25, 0.3) is 11.0 Å². The summed E-state index contributed by atoms with van der Waals surface area (Å²) >= 11 is 1.19. The van der Waals surface area contributed by atoms with Gasteiger partial charge in [0, 0.05) is 13.1 Å². The monoisotopic (exact) mass is 466 g/mol. The highest BCUT2D eigenvalue weighted by molar-refractivity contribution is 7.99. The minimum Gasteiger partial charge on any atom is -0.497 e. The van der Waals surface area contributed by atoms with Crippen LogP contribution in [0, 0.1) is 0 Å². The highest BCUT2D eigenvalue weighted by Crippen LogP contribution is 2.24. The number of hydrogen-bond donors (Lipinski definition) is 3. The van der Waals surface area contributed by atoms with Crippen molar-refractivity contribution in [3.05, 3.63) is 74.9 Å². The fourth-order valence-corrected chi connectivity index (χ4v) is 4.14. The summed E-state index contributed by atoms with van der Waals surface area (Å²) in [4.78, 5) is 48.7. The summed E-state index contributed by atoms with van der Waals surface area (Å²) in [5.41, 5.74) is 7.08. The van der Waals surface area contributed by atoms with Gasteiger partial charge in [-0.15, -0.1) is 0 Å². The number of carbonyl (C=O) groups excluding carboxylic acids is 1. The van der Waals surface area contributed by atoms with Crippen molar-refractivity contribution in [3.8, 4) is 5.75 Å². The second-order valence-electron chi connectivity index (χ2n) is 7.23. The lowest BCUT2D eigenvalue weighted by molar-refractivity contribution is -0.115. The Morgan fingerprint density at radius 1 is 1.18 bits per heavy atom. The number of rotatable bonds is 7. The summed E-state index contributed by atoms with van der Waals surface area (Å²) in [6, 6.07) is 14.6. The predicted octanol–water partition coefficient (Wildman–Crippen LogP) is 1.81. The number of fused-ring (bicyclic) bond motifs is 1. The van der Waals surface area contributed by atoms with Crippen LogP contribution in [-0.4, -0.2) is 45.3 Å². The second kappa shape index (κ2) is 9.25. The minimum absolute atomic E-state index is 0.00412. The lowest BCUT2D eigenvalue weighted by Gasteiger charge is -2.20. The van der Waals surface area contributed by atoms with Crippen LogP contribution in [0.15, 0.2) is 63.3 Å². The quantitative estimate of drug-likeness (QED) is 0.353. The molecule has 2 aromatic heterocycles. The van der Waals surface area contributed by atoms with Crippen LogP contribution < -0.4 is 26.6 Å². The first-order valence-corrected chi connectivity index (χ1v) is 11.0. The molecule has 4 rings (SSSR count). The van der Waals surface area contributed by atoms with E-state index >= 15 is 0 Å². The smallest absolute Gasteiger partial charge is 0.330 e. The molecule has 0 unspecified atom stereocenters. The summed E-state index contributed by atoms with van der Waals surface area (Å²) in [6.07, 6.45) is 0. The molecule has 0 fully saturated rings. The third-order valence-electron chi connectivity index (χ3n) is 5.11. The van der Waals surface area contributed by atoms with E-state index in [1.165, 1.54) is 23.4 Å². The van der Waals surface area contributed by atoms with Gasteiger partial charge in [-0.1, -0.05) is 42.1 Å². The van der Waals surface area contributed by atoms with Gasteiger partial charge in [-0.2, -0.15) is 0 Å². The molecule has 10 nitrogen and oxygen atoms in total. The fourth-order valence-electron chi connectivity index (χ4n) is 3.34. The summed E-state index contributed by atoms with van der Waals surface area (Å²) in [7, 11) is 3.03. The van der Waals surface area contributed by atoms with Crippen molar-refractivity contribution in [3.63, 3.8) is 0 Å². The highest BCUT2D eigenvalue weighted by atomic mass is 32.2. The number of nitrogens with two attached hydrogens (primary N) is 1. The van der Waals surface area contributed by atoms with E-state index in [2.05, 4.69) is 15.0 Å². The molecule has 11 heteroatoms. The van der Waals surface area contributed by atoms with Gasteiger partial charge in [0.1, 0.15) is 11.6 Å². The summed E-state index contributed by atoms with van der Waals surface area (Å²) in [5.74, 6) is 0.243. The van der Waals surface area contributed by atoms with E-state index in [1.54, 1.807) is 13.2 Å². The Labute approximate surface area is 192 Å². The van der Waals surface area contributed by atoms with Crippen molar-refractivity contribution in [2.45, 2.75) is 11.7 Å². The van der Waals surface area contributed by atoms with Gasteiger partial charge in [0.25, 0.3) is 5.56 Å². The van der Waals surface area contributed by atoms with Crippen molar-refractivity contribution in [1.29, 1.82) is 0 Å². The molecule has 1 amide bonds. The molecule has 2 aromatic carbocycles. The van der Waals surface area contributed by atoms with E-state index in [0.29, 0.717) is 10.9 Å². The molecular weight excluding hydrogens is 444 g/mol. The maximum atomic E-state index is 12.8. The zero-order valence-corrected chi connectivity index (χ0v) is 18.8. The molecule has 4 aromatic rings. The van der Waals surface area contributed by atoms with E-state index in [4.69, 9.17) is 10.5 Å². The van der Waals surface area contributed by atoms with Crippen molar-refractivity contribution in [1.82, 2.24) is 19.5 Å². The van der Waals surface area contributed by atoms with Gasteiger partial charge in [0.05, 0.1) is 30.4 Å². The molecule has 0 aliphatic carbocycles. The van der Waals surface area contributed by atoms with Gasteiger partial charge in [0.2, 0.25) is 5.91 Å². The molecule has 4 N–H and O–H groups in total. The standard InChI is InChI=1S/C22H22N6O4S/c1-27(17(29)12-33-21-24-15-9-8-14(32-2)10-16(15)25-21)18-19(23)28(22(31)26-20(18)30)11-13-6-4-3-5-7-13/h3-10H,11-12,23H2,1-2H3,(H,24,25)(H,26,30,31). The number of H-pyrrole nitrogens is 2. The lowest BCUT2D eigenvalue weighted by atomic mass is 10.2. The number of hydrogen-bond acceptors (Lipinski definition) is 7. The number of nitrogen functional groups attached to an aromatic ring is 1. The van der Waals surface area contributed by atoms with Crippen molar-refractivity contribution in [2.75, 3.05) is 30.5 Å². The van der Waals surface area contributed by atoms with Crippen molar-refractivity contribution < 1.29 is 9.53 Å². The van der Waals surface area contributed by atoms with Gasteiger partial charge in [0.15, 0.2) is 10.8 Å². The SMILES string of the molecule is COc1ccc2nc(SCC(=O)N(C)c3c(N)n(Cc4ccccc4)c(=O)[nH]c3=O)[nH]c2c1. The third kappa shape index (κ3) is 4.62. The number of amides is 1. The first-order valence-electron chi connectivity index (χ1n) is 9.97. The maximum absolute atomic E-state index is 12.8. The van der Waals surface area contributed by atoms with E-state index in [9.17, 15) is 14.4 Å². The number of aromatic amines is 2. The Balaban J connectivity index is 1.54. The number of aromatic nitrogens is 4.